The number of aromatic nitrogens is 1. The molecule has 4 rings (SSSR count). The molecule has 1 aromatic heterocycles. The summed E-state index contributed by atoms with van der Waals surface area (Å²) >= 11 is 0. The van der Waals surface area contributed by atoms with Crippen LogP contribution < -0.4 is 5.32 Å². The Bertz CT molecular complexity index is 1160. The Morgan fingerprint density at radius 2 is 1.77 bits per heavy atom. The van der Waals surface area contributed by atoms with Gasteiger partial charge < -0.3 is 15.2 Å². The van der Waals surface area contributed by atoms with Crippen LogP contribution in [0.4, 0.5) is 5.69 Å². The molecule has 1 unspecified atom stereocenters. The van der Waals surface area contributed by atoms with Gasteiger partial charge in [-0.15, -0.1) is 0 Å². The van der Waals surface area contributed by atoms with E-state index >= 15 is 0 Å². The molecule has 0 saturated heterocycles. The molecule has 5 nitrogen and oxygen atoms in total. The number of ether oxygens (including phenoxy) is 1. The third-order valence-corrected chi connectivity index (χ3v) is 4.93. The smallest absolute Gasteiger partial charge is 0.338 e. The second kappa shape index (κ2) is 8.66. The molecule has 0 radical (unpaired) electrons. The van der Waals surface area contributed by atoms with Gasteiger partial charge in [0, 0.05) is 22.8 Å². The van der Waals surface area contributed by atoms with Gasteiger partial charge in [0.1, 0.15) is 11.3 Å². The Hall–Kier alpha value is -3.86. The molecule has 0 saturated carbocycles. The fourth-order valence-corrected chi connectivity index (χ4v) is 3.45. The van der Waals surface area contributed by atoms with E-state index in [4.69, 9.17) is 4.74 Å². The van der Waals surface area contributed by atoms with Crippen LogP contribution in [-0.2, 0) is 4.74 Å². The van der Waals surface area contributed by atoms with E-state index in [0.29, 0.717) is 17.7 Å². The van der Waals surface area contributed by atoms with Crippen molar-refractivity contribution in [1.29, 1.82) is 0 Å². The fourth-order valence-electron chi connectivity index (χ4n) is 3.45. The van der Waals surface area contributed by atoms with Gasteiger partial charge in [0.25, 0.3) is 0 Å². The summed E-state index contributed by atoms with van der Waals surface area (Å²) in [4.78, 5) is 16.3. The van der Waals surface area contributed by atoms with Crippen molar-refractivity contribution in [2.45, 2.75) is 13.0 Å². The summed E-state index contributed by atoms with van der Waals surface area (Å²) in [6, 6.07) is 24.3. The summed E-state index contributed by atoms with van der Waals surface area (Å²) in [5.74, 6) is -0.195. The minimum absolute atomic E-state index is 0.151. The quantitative estimate of drug-likeness (QED) is 0.430. The average molecular weight is 398 g/mol. The van der Waals surface area contributed by atoms with Gasteiger partial charge in [-0.25, -0.2) is 4.79 Å². The first-order valence-electron chi connectivity index (χ1n) is 9.82. The molecule has 0 spiro atoms. The van der Waals surface area contributed by atoms with Crippen molar-refractivity contribution in [2.75, 3.05) is 11.9 Å². The van der Waals surface area contributed by atoms with E-state index in [2.05, 4.69) is 10.3 Å². The van der Waals surface area contributed by atoms with Gasteiger partial charge in [-0.3, -0.25) is 4.98 Å². The predicted molar refractivity (Wildman–Crippen MR) is 118 cm³/mol. The van der Waals surface area contributed by atoms with Crippen molar-refractivity contribution < 1.29 is 14.6 Å². The number of nitrogens with zero attached hydrogens (tertiary/aromatic N) is 1. The number of carbonyl (C=O) groups is 1. The molecular weight excluding hydrogens is 376 g/mol. The summed E-state index contributed by atoms with van der Waals surface area (Å²) in [5.41, 5.74) is 3.60. The fraction of sp³-hybridized carbons (Fsp3) is 0.120. The van der Waals surface area contributed by atoms with Crippen LogP contribution in [-0.4, -0.2) is 22.7 Å². The number of phenolic OH excluding ortho intramolecular Hbond substituents is 1. The van der Waals surface area contributed by atoms with Crippen molar-refractivity contribution in [2.24, 2.45) is 0 Å². The van der Waals surface area contributed by atoms with Gasteiger partial charge in [-0.05, 0) is 42.8 Å². The Morgan fingerprint density at radius 1 is 1.00 bits per heavy atom. The maximum Gasteiger partial charge on any atom is 0.338 e. The van der Waals surface area contributed by atoms with Gasteiger partial charge in [-0.2, -0.15) is 0 Å². The second-order valence-electron chi connectivity index (χ2n) is 6.86. The molecule has 4 aromatic rings. The van der Waals surface area contributed by atoms with Crippen LogP contribution >= 0.6 is 0 Å². The summed E-state index contributed by atoms with van der Waals surface area (Å²) in [5, 5.41) is 15.3. The first kappa shape index (κ1) is 19.5. The third kappa shape index (κ3) is 3.96. The molecule has 0 fully saturated rings. The molecule has 0 aliphatic carbocycles. The van der Waals surface area contributed by atoms with E-state index in [9.17, 15) is 9.90 Å². The number of hydrogen-bond acceptors (Lipinski definition) is 5. The van der Waals surface area contributed by atoms with Crippen molar-refractivity contribution in [3.63, 3.8) is 0 Å². The number of aromatic hydroxyl groups is 1. The lowest BCUT2D eigenvalue weighted by Gasteiger charge is -2.22. The average Bonchev–Trinajstić information content (AvgIpc) is 2.79. The van der Waals surface area contributed by atoms with Crippen molar-refractivity contribution in [3.8, 4) is 5.75 Å². The molecule has 1 atom stereocenters. The molecule has 0 bridgehead atoms. The van der Waals surface area contributed by atoms with Gasteiger partial charge >= 0.3 is 5.97 Å². The molecule has 0 aliphatic heterocycles. The van der Waals surface area contributed by atoms with Crippen molar-refractivity contribution >= 4 is 22.6 Å². The molecule has 30 heavy (non-hydrogen) atoms. The Labute approximate surface area is 175 Å². The normalized spacial score (nSPS) is 11.8. The number of anilines is 1. The lowest BCUT2D eigenvalue weighted by molar-refractivity contribution is 0.0526. The first-order chi connectivity index (χ1) is 14.7. The summed E-state index contributed by atoms with van der Waals surface area (Å²) in [6.45, 7) is 2.12. The number of esters is 1. The van der Waals surface area contributed by atoms with Crippen molar-refractivity contribution in [3.05, 3.63) is 102 Å². The minimum Gasteiger partial charge on any atom is -0.505 e. The van der Waals surface area contributed by atoms with Crippen molar-refractivity contribution in [1.82, 2.24) is 4.98 Å². The van der Waals surface area contributed by atoms with Crippen LogP contribution in [0.15, 0.2) is 85.1 Å². The van der Waals surface area contributed by atoms with Crippen LogP contribution in [0.3, 0.4) is 0 Å². The van der Waals surface area contributed by atoms with E-state index in [-0.39, 0.29) is 17.8 Å². The van der Waals surface area contributed by atoms with Crippen LogP contribution in [0.2, 0.25) is 0 Å². The monoisotopic (exact) mass is 398 g/mol. The minimum atomic E-state index is -0.345. The standard InChI is InChI=1S/C25H22N2O3/c1-2-30-25(29)19-10-13-20(14-11-19)27-22(17-7-4-3-5-8-17)21-15-12-18-9-6-16-26-23(18)24(21)28/h3-16,22,27-28H,2H2,1H3. The molecule has 5 heteroatoms. The number of nitrogens with one attached hydrogen (secondary N) is 1. The van der Waals surface area contributed by atoms with E-state index in [0.717, 1.165) is 22.2 Å². The van der Waals surface area contributed by atoms with Crippen LogP contribution in [0.1, 0.15) is 34.5 Å². The molecule has 0 amide bonds. The lowest BCUT2D eigenvalue weighted by atomic mass is 9.96. The Kier molecular flexibility index (Phi) is 5.61. The third-order valence-electron chi connectivity index (χ3n) is 4.93. The highest BCUT2D eigenvalue weighted by Crippen LogP contribution is 2.36. The molecule has 0 aliphatic rings. The highest BCUT2D eigenvalue weighted by Gasteiger charge is 2.20. The van der Waals surface area contributed by atoms with Gasteiger partial charge in [0.15, 0.2) is 0 Å². The number of hydrogen-bond donors (Lipinski definition) is 2. The highest BCUT2D eigenvalue weighted by atomic mass is 16.5. The second-order valence-corrected chi connectivity index (χ2v) is 6.86. The largest absolute Gasteiger partial charge is 0.505 e. The Morgan fingerprint density at radius 3 is 2.50 bits per heavy atom. The first-order valence-corrected chi connectivity index (χ1v) is 9.82. The zero-order valence-electron chi connectivity index (χ0n) is 16.6. The maximum absolute atomic E-state index is 11.9. The van der Waals surface area contributed by atoms with Gasteiger partial charge in [0.2, 0.25) is 0 Å². The van der Waals surface area contributed by atoms with E-state index in [1.165, 1.54) is 0 Å². The SMILES string of the molecule is CCOC(=O)c1ccc(NC(c2ccccc2)c2ccc3cccnc3c2O)cc1. The lowest BCUT2D eigenvalue weighted by Crippen LogP contribution is -2.13. The zero-order valence-corrected chi connectivity index (χ0v) is 16.6. The highest BCUT2D eigenvalue weighted by molar-refractivity contribution is 5.90. The van der Waals surface area contributed by atoms with Gasteiger partial charge in [0.05, 0.1) is 18.2 Å². The Balaban J connectivity index is 1.72. The molecular formula is C25H22N2O3. The number of pyridine rings is 1. The molecule has 1 heterocycles. The topological polar surface area (TPSA) is 71.5 Å². The van der Waals surface area contributed by atoms with E-state index in [1.807, 2.05) is 66.7 Å². The van der Waals surface area contributed by atoms with Crippen LogP contribution in [0, 0.1) is 0 Å². The van der Waals surface area contributed by atoms with E-state index < -0.39 is 0 Å². The summed E-state index contributed by atoms with van der Waals surface area (Å²) in [6.07, 6.45) is 1.67. The van der Waals surface area contributed by atoms with Crippen LogP contribution in [0.25, 0.3) is 10.9 Å². The molecule has 2 N–H and O–H groups in total. The number of phenols is 1. The van der Waals surface area contributed by atoms with Gasteiger partial charge in [-0.1, -0.05) is 48.5 Å². The number of benzene rings is 3. The van der Waals surface area contributed by atoms with Crippen LogP contribution in [0.5, 0.6) is 5.75 Å². The molecule has 150 valence electrons. The number of fused-ring (bicyclic) bond motifs is 1. The number of rotatable bonds is 6. The summed E-state index contributed by atoms with van der Waals surface area (Å²) < 4.78 is 5.04. The predicted octanol–water partition coefficient (Wildman–Crippen LogP) is 5.32. The number of carbonyl (C=O) groups excluding carboxylic acids is 1. The zero-order chi connectivity index (χ0) is 20.9. The summed E-state index contributed by atoms with van der Waals surface area (Å²) in [7, 11) is 0. The molecule has 3 aromatic carbocycles. The van der Waals surface area contributed by atoms with E-state index in [1.54, 1.807) is 25.3 Å². The maximum atomic E-state index is 11.9.